The Labute approximate surface area is 127 Å². The highest BCUT2D eigenvalue weighted by molar-refractivity contribution is 7.89. The number of sulfonamides is 1. The minimum Gasteiger partial charge on any atom is -0.397 e. The summed E-state index contributed by atoms with van der Waals surface area (Å²) in [5.41, 5.74) is 7.45. The van der Waals surface area contributed by atoms with E-state index in [0.29, 0.717) is 17.6 Å². The van der Waals surface area contributed by atoms with E-state index < -0.39 is 10.0 Å². The van der Waals surface area contributed by atoms with Gasteiger partial charge in [0.1, 0.15) is 0 Å². The summed E-state index contributed by atoms with van der Waals surface area (Å²) in [6, 6.07) is 5.29. The summed E-state index contributed by atoms with van der Waals surface area (Å²) < 4.78 is 26.2. The smallest absolute Gasteiger partial charge is 0.240 e. The predicted octanol–water partition coefficient (Wildman–Crippen LogP) is 0.563. The maximum absolute atomic E-state index is 11.9. The Morgan fingerprint density at radius 2 is 2.00 bits per heavy atom. The van der Waals surface area contributed by atoms with E-state index in [1.54, 1.807) is 12.1 Å². The van der Waals surface area contributed by atoms with Crippen LogP contribution < -0.4 is 15.4 Å². The van der Waals surface area contributed by atoms with E-state index in [9.17, 15) is 8.42 Å². The molecular formula is C14H24N4O2S. The van der Waals surface area contributed by atoms with Gasteiger partial charge in [-0.3, -0.25) is 0 Å². The van der Waals surface area contributed by atoms with Gasteiger partial charge in [0.15, 0.2) is 0 Å². The molecule has 1 heterocycles. The second-order valence-electron chi connectivity index (χ2n) is 5.84. The third-order valence-corrected chi connectivity index (χ3v) is 5.57. The van der Waals surface area contributed by atoms with Crippen molar-refractivity contribution in [3.05, 3.63) is 18.2 Å². The van der Waals surface area contributed by atoms with Crippen LogP contribution in [0, 0.1) is 5.92 Å². The molecule has 2 rings (SSSR count). The lowest BCUT2D eigenvalue weighted by Gasteiger charge is -2.24. The molecule has 2 atom stereocenters. The Bertz CT molecular complexity index is 615. The second-order valence-corrected chi connectivity index (χ2v) is 7.73. The monoisotopic (exact) mass is 312 g/mol. The van der Waals surface area contributed by atoms with Crippen molar-refractivity contribution in [2.75, 3.05) is 44.9 Å². The van der Waals surface area contributed by atoms with Gasteiger partial charge in [-0.1, -0.05) is 6.92 Å². The normalized spacial score (nSPS) is 23.0. The van der Waals surface area contributed by atoms with Crippen molar-refractivity contribution in [3.63, 3.8) is 0 Å². The maximum Gasteiger partial charge on any atom is 0.240 e. The van der Waals surface area contributed by atoms with Crippen molar-refractivity contribution in [3.8, 4) is 0 Å². The zero-order valence-corrected chi connectivity index (χ0v) is 13.8. The van der Waals surface area contributed by atoms with Crippen molar-refractivity contribution in [1.82, 2.24) is 9.62 Å². The summed E-state index contributed by atoms with van der Waals surface area (Å²) in [6.45, 7) is 3.92. The highest BCUT2D eigenvalue weighted by atomic mass is 32.2. The van der Waals surface area contributed by atoms with Crippen LogP contribution in [0.2, 0.25) is 0 Å². The van der Waals surface area contributed by atoms with Gasteiger partial charge >= 0.3 is 0 Å². The topological polar surface area (TPSA) is 78.7 Å². The molecule has 1 aromatic rings. The highest BCUT2D eigenvalue weighted by Gasteiger charge is 2.32. The van der Waals surface area contributed by atoms with Gasteiger partial charge in [0, 0.05) is 19.1 Å². The van der Waals surface area contributed by atoms with Crippen LogP contribution in [-0.2, 0) is 10.0 Å². The standard InChI is InChI=1S/C14H24N4O2S/c1-10-8-18(9-14(10)17(3)4)13-7-11(5-6-12(13)15)21(19,20)16-2/h5-7,10,14,16H,8-9,15H2,1-4H3. The van der Waals surface area contributed by atoms with Crippen LogP contribution in [0.1, 0.15) is 6.92 Å². The van der Waals surface area contributed by atoms with Crippen molar-refractivity contribution < 1.29 is 8.42 Å². The molecule has 0 aromatic heterocycles. The van der Waals surface area contributed by atoms with Crippen LogP contribution in [0.5, 0.6) is 0 Å². The number of likely N-dealkylation sites (N-methyl/N-ethyl adjacent to an activating group) is 1. The van der Waals surface area contributed by atoms with Crippen LogP contribution >= 0.6 is 0 Å². The SMILES string of the molecule is CNS(=O)(=O)c1ccc(N)c(N2CC(C)C(N(C)C)C2)c1. The molecule has 0 aliphatic carbocycles. The fraction of sp³-hybridized carbons (Fsp3) is 0.571. The summed E-state index contributed by atoms with van der Waals surface area (Å²) in [6.07, 6.45) is 0. The first-order valence-corrected chi connectivity index (χ1v) is 8.49. The lowest BCUT2D eigenvalue weighted by molar-refractivity contribution is 0.266. The summed E-state index contributed by atoms with van der Waals surface area (Å²) >= 11 is 0. The molecule has 0 saturated carbocycles. The lowest BCUT2D eigenvalue weighted by Crippen LogP contribution is -2.34. The van der Waals surface area contributed by atoms with Crippen LogP contribution in [0.3, 0.4) is 0 Å². The molecule has 118 valence electrons. The first-order chi connectivity index (χ1) is 9.76. The van der Waals surface area contributed by atoms with Gasteiger partial charge in [-0.05, 0) is 45.3 Å². The molecule has 1 aromatic carbocycles. The Morgan fingerprint density at radius 1 is 1.33 bits per heavy atom. The molecule has 2 unspecified atom stereocenters. The molecule has 0 amide bonds. The molecule has 0 spiro atoms. The van der Waals surface area contributed by atoms with E-state index in [1.807, 2.05) is 0 Å². The zero-order chi connectivity index (χ0) is 15.8. The average Bonchev–Trinajstić information content (AvgIpc) is 2.81. The van der Waals surface area contributed by atoms with Gasteiger partial charge in [-0.2, -0.15) is 0 Å². The van der Waals surface area contributed by atoms with E-state index in [-0.39, 0.29) is 4.90 Å². The minimum absolute atomic E-state index is 0.246. The van der Waals surface area contributed by atoms with E-state index in [2.05, 4.69) is 35.5 Å². The molecule has 3 N–H and O–H groups in total. The number of hydrogen-bond donors (Lipinski definition) is 2. The number of rotatable bonds is 4. The summed E-state index contributed by atoms with van der Waals surface area (Å²) in [5.74, 6) is 0.504. The second kappa shape index (κ2) is 5.82. The van der Waals surface area contributed by atoms with Crippen molar-refractivity contribution in [2.24, 2.45) is 5.92 Å². The molecule has 0 bridgehead atoms. The number of nitrogens with one attached hydrogen (secondary N) is 1. The van der Waals surface area contributed by atoms with Gasteiger partial charge < -0.3 is 15.5 Å². The van der Waals surface area contributed by atoms with E-state index in [1.165, 1.54) is 13.1 Å². The molecule has 1 fully saturated rings. The largest absolute Gasteiger partial charge is 0.397 e. The maximum atomic E-state index is 11.9. The molecule has 7 heteroatoms. The van der Waals surface area contributed by atoms with Gasteiger partial charge in [0.2, 0.25) is 10.0 Å². The third-order valence-electron chi connectivity index (χ3n) is 4.16. The van der Waals surface area contributed by atoms with E-state index >= 15 is 0 Å². The van der Waals surface area contributed by atoms with Gasteiger partial charge in [0.05, 0.1) is 16.3 Å². The van der Waals surface area contributed by atoms with Crippen molar-refractivity contribution >= 4 is 21.4 Å². The Balaban J connectivity index is 2.35. The summed E-state index contributed by atoms with van der Waals surface area (Å²) in [5, 5.41) is 0. The van der Waals surface area contributed by atoms with Crippen LogP contribution in [0.4, 0.5) is 11.4 Å². The first-order valence-electron chi connectivity index (χ1n) is 7.00. The Hall–Kier alpha value is -1.31. The Morgan fingerprint density at radius 3 is 2.52 bits per heavy atom. The molecule has 1 saturated heterocycles. The zero-order valence-electron chi connectivity index (χ0n) is 13.0. The van der Waals surface area contributed by atoms with E-state index in [4.69, 9.17) is 5.73 Å². The Kier molecular flexibility index (Phi) is 4.46. The first kappa shape index (κ1) is 16.1. The fourth-order valence-electron chi connectivity index (χ4n) is 2.90. The highest BCUT2D eigenvalue weighted by Crippen LogP contribution is 2.32. The van der Waals surface area contributed by atoms with Crippen LogP contribution in [0.25, 0.3) is 0 Å². The lowest BCUT2D eigenvalue weighted by atomic mass is 10.1. The number of benzene rings is 1. The third kappa shape index (κ3) is 3.14. The average molecular weight is 312 g/mol. The van der Waals surface area contributed by atoms with Crippen molar-refractivity contribution in [2.45, 2.75) is 17.9 Å². The molecule has 1 aliphatic rings. The molecule has 21 heavy (non-hydrogen) atoms. The minimum atomic E-state index is -3.45. The number of anilines is 2. The van der Waals surface area contributed by atoms with E-state index in [0.717, 1.165) is 18.8 Å². The predicted molar refractivity (Wildman–Crippen MR) is 86.0 cm³/mol. The molecule has 1 aliphatic heterocycles. The fourth-order valence-corrected chi connectivity index (χ4v) is 3.65. The summed E-state index contributed by atoms with van der Waals surface area (Å²) in [4.78, 5) is 4.61. The van der Waals surface area contributed by atoms with Gasteiger partial charge in [-0.15, -0.1) is 0 Å². The number of nitrogens with two attached hydrogens (primary N) is 1. The molecule has 6 nitrogen and oxygen atoms in total. The summed E-state index contributed by atoms with van der Waals surface area (Å²) in [7, 11) is 2.09. The molecular weight excluding hydrogens is 288 g/mol. The number of hydrogen-bond acceptors (Lipinski definition) is 5. The van der Waals surface area contributed by atoms with Crippen LogP contribution in [0.15, 0.2) is 23.1 Å². The van der Waals surface area contributed by atoms with Crippen molar-refractivity contribution in [1.29, 1.82) is 0 Å². The number of nitrogen functional groups attached to an aromatic ring is 1. The van der Waals surface area contributed by atoms with Gasteiger partial charge in [-0.25, -0.2) is 13.1 Å². The number of nitrogens with zero attached hydrogens (tertiary/aromatic N) is 2. The quantitative estimate of drug-likeness (QED) is 0.795. The van der Waals surface area contributed by atoms with Gasteiger partial charge in [0.25, 0.3) is 0 Å². The van der Waals surface area contributed by atoms with Crippen LogP contribution in [-0.4, -0.2) is 53.6 Å². The molecule has 0 radical (unpaired) electrons.